The molecule has 5 bridgehead atoms. The minimum Gasteiger partial charge on any atom is -0.507 e. The Balaban J connectivity index is 1.42. The molecular weight excluding hydrogens is 850 g/mol. The number of allylic oxidation sites excluding steroid dienone is 4. The Morgan fingerprint density at radius 2 is 1.61 bits per heavy atom. The summed E-state index contributed by atoms with van der Waals surface area (Å²) < 4.78 is 29.5. The second kappa shape index (κ2) is 19.7. The Labute approximate surface area is 376 Å². The first-order valence-corrected chi connectivity index (χ1v) is 21.6. The van der Waals surface area contributed by atoms with Crippen molar-refractivity contribution in [1.29, 1.82) is 0 Å². The van der Waals surface area contributed by atoms with Gasteiger partial charge in [0.15, 0.2) is 0 Å². The lowest BCUT2D eigenvalue weighted by molar-refractivity contribution is -0.116. The molecule has 2 aromatic rings. The number of morpholine rings is 1. The van der Waals surface area contributed by atoms with E-state index in [4.69, 9.17) is 35.3 Å². The van der Waals surface area contributed by atoms with E-state index in [2.05, 4.69) is 10.6 Å². The Hall–Kier alpha value is -5.52. The first kappa shape index (κ1) is 47.9. The maximum atomic E-state index is 14.8. The first-order valence-electron chi connectivity index (χ1n) is 21.2. The van der Waals surface area contributed by atoms with Gasteiger partial charge in [-0.3, -0.25) is 19.2 Å². The summed E-state index contributed by atoms with van der Waals surface area (Å²) in [5.74, 6) is -8.91. The van der Waals surface area contributed by atoms with Crippen LogP contribution < -0.4 is 15.4 Å². The number of methoxy groups -OCH3 is 1. The number of aliphatic hydroxyl groups is 2. The maximum absolute atomic E-state index is 14.8. The lowest BCUT2D eigenvalue weighted by Gasteiger charge is -2.38. The average molecular weight is 906 g/mol. The highest BCUT2D eigenvalue weighted by Crippen LogP contribution is 2.49. The summed E-state index contributed by atoms with van der Waals surface area (Å²) in [5, 5.41) is 40.7. The number of Topliss-reactive ketones (excluding diaryl/α,β-unsaturated/α-hetero) is 3. The fraction of sp³-hybridized carbons (Fsp3) is 0.468. The van der Waals surface area contributed by atoms with Crippen LogP contribution >= 0.6 is 11.6 Å². The van der Waals surface area contributed by atoms with Gasteiger partial charge in [-0.15, -0.1) is 0 Å². The number of rotatable bonds is 5. The van der Waals surface area contributed by atoms with Crippen molar-refractivity contribution < 1.29 is 63.0 Å². The van der Waals surface area contributed by atoms with Crippen LogP contribution in [0, 0.1) is 30.6 Å². The van der Waals surface area contributed by atoms with Crippen molar-refractivity contribution in [1.82, 2.24) is 15.5 Å². The molecule has 0 aromatic heterocycles. The fourth-order valence-corrected chi connectivity index (χ4v) is 8.64. The molecule has 1 aliphatic carbocycles. The number of hydrogen-bond donors (Lipinski definition) is 5. The van der Waals surface area contributed by atoms with Crippen LogP contribution in [-0.4, -0.2) is 113 Å². The molecule has 0 radical (unpaired) electrons. The number of hydrogen-bond acceptors (Lipinski definition) is 14. The molecule has 344 valence electrons. The van der Waals surface area contributed by atoms with Gasteiger partial charge in [0.1, 0.15) is 29.0 Å². The molecule has 5 N–H and O–H groups in total. The number of carbonyl (C=O) groups excluding carboxylic acids is 5. The minimum absolute atomic E-state index is 0.0115. The van der Waals surface area contributed by atoms with Crippen molar-refractivity contribution in [2.75, 3.05) is 33.4 Å². The van der Waals surface area contributed by atoms with E-state index in [0.717, 1.165) is 5.56 Å². The number of benzene rings is 2. The van der Waals surface area contributed by atoms with Crippen LogP contribution in [0.1, 0.15) is 83.7 Å². The minimum atomic E-state index is -2.11. The van der Waals surface area contributed by atoms with Crippen molar-refractivity contribution in [3.63, 3.8) is 0 Å². The van der Waals surface area contributed by atoms with Crippen LogP contribution in [0.2, 0.25) is 5.02 Å². The number of carbonyl (C=O) groups is 5. The quantitative estimate of drug-likeness (QED) is 0.257. The molecule has 0 unspecified atom stereocenters. The number of halogens is 1. The molecule has 0 spiro atoms. The van der Waals surface area contributed by atoms with Crippen LogP contribution in [0.25, 0.3) is 0 Å². The van der Waals surface area contributed by atoms with Crippen molar-refractivity contribution in [2.24, 2.45) is 23.7 Å². The number of fused-ring (bicyclic) bond motifs is 14. The van der Waals surface area contributed by atoms with Gasteiger partial charge in [-0.05, 0) is 37.6 Å². The monoisotopic (exact) mass is 905 g/mol. The number of ether oxygens (including phenoxy) is 5. The van der Waals surface area contributed by atoms with Crippen LogP contribution in [-0.2, 0) is 30.3 Å². The van der Waals surface area contributed by atoms with Crippen molar-refractivity contribution in [3.8, 4) is 11.5 Å². The summed E-state index contributed by atoms with van der Waals surface area (Å²) in [4.78, 5) is 72.5. The molecule has 9 atom stereocenters. The van der Waals surface area contributed by atoms with Gasteiger partial charge in [-0.25, -0.2) is 4.79 Å². The summed E-state index contributed by atoms with van der Waals surface area (Å²) >= 11 is 6.03. The number of aliphatic hydroxyl groups excluding tert-OH is 2. The molecule has 4 heterocycles. The number of amides is 2. The molecule has 0 saturated carbocycles. The predicted octanol–water partition coefficient (Wildman–Crippen LogP) is 5.31. The van der Waals surface area contributed by atoms with Gasteiger partial charge in [-0.2, -0.15) is 0 Å². The molecule has 2 amide bonds. The standard InChI is InChI=1S/C47H56ClN3O13/c1-23-10-9-11-24(2)45(58)50-35-36(51-17-20-61-21-18-51)41(56)32-33(40(35)55)39(54)28(6)43-34(32)44(57)47(7,64-43)62-19-16-31(60-8)25(3)42(27(5)38(53)26(4)37(23)52)63-46(59)49-22-29-12-14-30(48)15-13-29/h9-16,19,23,25-27,31,37-38,42,52-54H,17-18,20-22H2,1-8H3,(H,49,59)(H,50,58)/t23-,25+,26+,27+,31-,37-,38+,42+,47-/m0/s1. The van der Waals surface area contributed by atoms with Gasteiger partial charge >= 0.3 is 11.9 Å². The number of phenolic OH excluding ortho intramolecular Hbond substituents is 1. The Bertz CT molecular complexity index is 2300. The number of nitrogens with one attached hydrogen (secondary N) is 2. The van der Waals surface area contributed by atoms with E-state index in [1.165, 1.54) is 46.3 Å². The van der Waals surface area contributed by atoms with Crippen LogP contribution in [0.5, 0.6) is 11.5 Å². The molecule has 7 rings (SSSR count). The van der Waals surface area contributed by atoms with Crippen molar-refractivity contribution in [2.45, 2.75) is 85.2 Å². The van der Waals surface area contributed by atoms with Crippen LogP contribution in [0.4, 0.5) is 4.79 Å². The van der Waals surface area contributed by atoms with E-state index in [9.17, 15) is 39.3 Å². The summed E-state index contributed by atoms with van der Waals surface area (Å²) in [6.07, 6.45) is 2.30. The van der Waals surface area contributed by atoms with Gasteiger partial charge < -0.3 is 54.5 Å². The van der Waals surface area contributed by atoms with Crippen LogP contribution in [0.3, 0.4) is 0 Å². The normalized spacial score (nSPS) is 29.2. The van der Waals surface area contributed by atoms with E-state index in [-0.39, 0.29) is 72.3 Å². The van der Waals surface area contributed by atoms with E-state index in [0.29, 0.717) is 5.02 Å². The highest BCUT2D eigenvalue weighted by molar-refractivity contribution is 6.32. The molecule has 2 aromatic carbocycles. The van der Waals surface area contributed by atoms with E-state index >= 15 is 0 Å². The second-order valence-electron chi connectivity index (χ2n) is 16.9. The highest BCUT2D eigenvalue weighted by Gasteiger charge is 2.53. The Kier molecular flexibility index (Phi) is 14.8. The molecule has 1 saturated heterocycles. The van der Waals surface area contributed by atoms with Gasteiger partial charge in [-0.1, -0.05) is 69.7 Å². The summed E-state index contributed by atoms with van der Waals surface area (Å²) in [6.45, 7) is 12.0. The first-order chi connectivity index (χ1) is 30.3. The third-order valence-corrected chi connectivity index (χ3v) is 12.8. The van der Waals surface area contributed by atoms with Gasteiger partial charge in [0, 0.05) is 73.5 Å². The summed E-state index contributed by atoms with van der Waals surface area (Å²) in [5.41, 5.74) is -0.797. The largest absolute Gasteiger partial charge is 0.507 e. The number of ketones is 3. The summed E-state index contributed by atoms with van der Waals surface area (Å²) in [6, 6.07) is 6.89. The van der Waals surface area contributed by atoms with Gasteiger partial charge in [0.2, 0.25) is 11.6 Å². The van der Waals surface area contributed by atoms with Crippen LogP contribution in [0.15, 0.2) is 71.8 Å². The molecule has 64 heavy (non-hydrogen) atoms. The third kappa shape index (κ3) is 9.47. The average Bonchev–Trinajstić information content (AvgIpc) is 3.54. The predicted molar refractivity (Wildman–Crippen MR) is 234 cm³/mol. The zero-order chi connectivity index (χ0) is 46.8. The maximum Gasteiger partial charge on any atom is 0.407 e. The SMILES string of the molecule is CO[C@H]1C=CO[C@@]2(C)Oc3c(C)c(O)c4c(c3C2=O)C(=O)C(N2CCOCC2)=C(NC(=O)C(C)=CC=C[C@H](C)[C@H](O)[C@@H](C)[C@@H](O)[C@@H](C)[C@H](OC(=O)NCc2ccc(Cl)cc2)[C@@H]1C)C4=O. The third-order valence-electron chi connectivity index (χ3n) is 12.5. The van der Waals surface area contributed by atoms with Crippen molar-refractivity contribution in [3.05, 3.63) is 105 Å². The molecule has 4 aliphatic heterocycles. The van der Waals surface area contributed by atoms with E-state index in [1.54, 1.807) is 69.0 Å². The fourth-order valence-electron chi connectivity index (χ4n) is 8.51. The van der Waals surface area contributed by atoms with E-state index in [1.807, 2.05) is 0 Å². The number of phenols is 1. The van der Waals surface area contributed by atoms with Gasteiger partial charge in [0.25, 0.3) is 11.7 Å². The zero-order valence-corrected chi connectivity index (χ0v) is 37.9. The molecule has 17 heteroatoms. The lowest BCUT2D eigenvalue weighted by Crippen LogP contribution is -2.47. The number of nitrogens with zero attached hydrogens (tertiary/aromatic N) is 1. The number of aromatic hydroxyl groups is 1. The number of alkyl carbamates (subject to hydrolysis) is 1. The Morgan fingerprint density at radius 3 is 2.27 bits per heavy atom. The zero-order valence-electron chi connectivity index (χ0n) is 37.1. The molecule has 5 aliphatic rings. The molecular formula is C47H56ClN3O13. The van der Waals surface area contributed by atoms with Gasteiger partial charge in [0.05, 0.1) is 54.5 Å². The Morgan fingerprint density at radius 1 is 0.938 bits per heavy atom. The molecule has 16 nitrogen and oxygen atoms in total. The second-order valence-corrected chi connectivity index (χ2v) is 17.3. The van der Waals surface area contributed by atoms with Crippen molar-refractivity contribution >= 4 is 41.0 Å². The highest BCUT2D eigenvalue weighted by atomic mass is 35.5. The molecule has 1 fully saturated rings. The smallest absolute Gasteiger partial charge is 0.407 e. The summed E-state index contributed by atoms with van der Waals surface area (Å²) in [7, 11) is 1.42. The topological polar surface area (TPSA) is 219 Å². The lowest BCUT2D eigenvalue weighted by atomic mass is 9.78. The van der Waals surface area contributed by atoms with E-state index < -0.39 is 94.5 Å².